The molecule has 0 bridgehead atoms. The average Bonchev–Trinajstić information content (AvgIpc) is 2.57. The van der Waals surface area contributed by atoms with Crippen LogP contribution in [-0.2, 0) is 0 Å². The van der Waals surface area contributed by atoms with Crippen LogP contribution in [-0.4, -0.2) is 30.4 Å². The van der Waals surface area contributed by atoms with Gasteiger partial charge in [-0.25, -0.2) is 8.78 Å². The van der Waals surface area contributed by atoms with Crippen LogP contribution in [0.5, 0.6) is 0 Å². The van der Waals surface area contributed by atoms with Gasteiger partial charge in [0, 0.05) is 24.1 Å². The van der Waals surface area contributed by atoms with Gasteiger partial charge in [-0.2, -0.15) is 0 Å². The van der Waals surface area contributed by atoms with Crippen LogP contribution >= 0.6 is 15.9 Å². The van der Waals surface area contributed by atoms with E-state index in [-0.39, 0.29) is 23.3 Å². The number of nitrogens with zero attached hydrogens (tertiary/aromatic N) is 1. The molecular formula is C17H15BrF2N2O. The van der Waals surface area contributed by atoms with E-state index in [0.29, 0.717) is 24.1 Å². The lowest BCUT2D eigenvalue weighted by Gasteiger charge is -2.36. The van der Waals surface area contributed by atoms with Crippen molar-refractivity contribution in [2.45, 2.75) is 6.04 Å². The first-order chi connectivity index (χ1) is 11.1. The van der Waals surface area contributed by atoms with E-state index in [1.165, 1.54) is 24.3 Å². The fourth-order valence-electron chi connectivity index (χ4n) is 2.75. The van der Waals surface area contributed by atoms with Gasteiger partial charge in [-0.15, -0.1) is 0 Å². The molecule has 6 heteroatoms. The summed E-state index contributed by atoms with van der Waals surface area (Å²) in [5, 5.41) is 3.22. The lowest BCUT2D eigenvalue weighted by atomic mass is 10.0. The van der Waals surface area contributed by atoms with Crippen LogP contribution < -0.4 is 5.32 Å². The fraction of sp³-hybridized carbons (Fsp3) is 0.235. The van der Waals surface area contributed by atoms with Crippen molar-refractivity contribution >= 4 is 21.8 Å². The first-order valence-corrected chi connectivity index (χ1v) is 8.08. The quantitative estimate of drug-likeness (QED) is 0.864. The summed E-state index contributed by atoms with van der Waals surface area (Å²) in [5.41, 5.74) is 0.857. The van der Waals surface area contributed by atoms with Crippen LogP contribution in [0.15, 0.2) is 46.9 Å². The molecule has 3 nitrogen and oxygen atoms in total. The molecule has 0 aromatic heterocycles. The van der Waals surface area contributed by atoms with Crippen molar-refractivity contribution in [1.29, 1.82) is 0 Å². The minimum absolute atomic E-state index is 0.0355. The van der Waals surface area contributed by atoms with Crippen LogP contribution in [0.3, 0.4) is 0 Å². The molecule has 3 rings (SSSR count). The third-order valence-corrected chi connectivity index (χ3v) is 4.41. The number of hydrogen-bond donors (Lipinski definition) is 1. The second-order valence-corrected chi connectivity index (χ2v) is 6.31. The Labute approximate surface area is 141 Å². The van der Waals surface area contributed by atoms with E-state index < -0.39 is 5.82 Å². The Bertz CT molecular complexity index is 721. The van der Waals surface area contributed by atoms with Gasteiger partial charge in [0.05, 0.1) is 11.6 Å². The largest absolute Gasteiger partial charge is 0.329 e. The van der Waals surface area contributed by atoms with Crippen molar-refractivity contribution in [1.82, 2.24) is 10.2 Å². The number of carbonyl (C=O) groups excluding carboxylic acids is 1. The molecule has 1 heterocycles. The van der Waals surface area contributed by atoms with Gasteiger partial charge in [-0.05, 0) is 35.9 Å². The molecule has 2 aromatic rings. The maximum absolute atomic E-state index is 14.0. The highest BCUT2D eigenvalue weighted by atomic mass is 79.9. The van der Waals surface area contributed by atoms with Gasteiger partial charge in [0.2, 0.25) is 0 Å². The molecule has 0 saturated carbocycles. The molecule has 0 aliphatic carbocycles. The van der Waals surface area contributed by atoms with Crippen molar-refractivity contribution in [2.75, 3.05) is 19.6 Å². The molecular weight excluding hydrogens is 366 g/mol. The zero-order valence-corrected chi connectivity index (χ0v) is 13.8. The molecule has 120 valence electrons. The van der Waals surface area contributed by atoms with Crippen molar-refractivity contribution in [3.8, 4) is 0 Å². The molecule has 1 amide bonds. The number of hydrogen-bond acceptors (Lipinski definition) is 2. The van der Waals surface area contributed by atoms with E-state index in [1.807, 2.05) is 0 Å². The van der Waals surface area contributed by atoms with Gasteiger partial charge in [0.25, 0.3) is 5.91 Å². The molecule has 0 spiro atoms. The predicted octanol–water partition coefficient (Wildman–Crippen LogP) is 3.51. The third-order valence-electron chi connectivity index (χ3n) is 3.92. The van der Waals surface area contributed by atoms with E-state index >= 15 is 0 Å². The Morgan fingerprint density at radius 3 is 2.65 bits per heavy atom. The number of nitrogens with one attached hydrogen (secondary N) is 1. The van der Waals surface area contributed by atoms with E-state index in [1.54, 1.807) is 23.1 Å². The lowest BCUT2D eigenvalue weighted by molar-refractivity contribution is 0.0629. The molecule has 1 atom stereocenters. The SMILES string of the molecule is O=C(c1cc(Br)ccc1F)N1CCNC[C@@H]1c1ccc(F)cc1. The lowest BCUT2D eigenvalue weighted by Crippen LogP contribution is -2.48. The van der Waals surface area contributed by atoms with Crippen LogP contribution in [0.2, 0.25) is 0 Å². The standard InChI is InChI=1S/C17H15BrF2N2O/c18-12-3-6-15(20)14(9-12)17(23)22-8-7-21-10-16(22)11-1-4-13(19)5-2-11/h1-6,9,16,21H,7-8,10H2/t16-/m1/s1. The van der Waals surface area contributed by atoms with Crippen LogP contribution in [0.1, 0.15) is 22.0 Å². The monoisotopic (exact) mass is 380 g/mol. The Balaban J connectivity index is 1.93. The summed E-state index contributed by atoms with van der Waals surface area (Å²) in [6.07, 6.45) is 0. The summed E-state index contributed by atoms with van der Waals surface area (Å²) >= 11 is 3.27. The van der Waals surface area contributed by atoms with E-state index in [2.05, 4.69) is 21.2 Å². The van der Waals surface area contributed by atoms with Crippen LogP contribution in [0.25, 0.3) is 0 Å². The molecule has 23 heavy (non-hydrogen) atoms. The van der Waals surface area contributed by atoms with Gasteiger partial charge in [-0.1, -0.05) is 28.1 Å². The minimum atomic E-state index is -0.547. The first kappa shape index (κ1) is 16.1. The zero-order chi connectivity index (χ0) is 16.4. The van der Waals surface area contributed by atoms with Crippen LogP contribution in [0.4, 0.5) is 8.78 Å². The van der Waals surface area contributed by atoms with Gasteiger partial charge in [-0.3, -0.25) is 4.79 Å². The fourth-order valence-corrected chi connectivity index (χ4v) is 3.11. The predicted molar refractivity (Wildman–Crippen MR) is 87.1 cm³/mol. The van der Waals surface area contributed by atoms with Crippen LogP contribution in [0, 0.1) is 11.6 Å². The van der Waals surface area contributed by atoms with Gasteiger partial charge in [0.15, 0.2) is 0 Å². The second kappa shape index (κ2) is 6.76. The van der Waals surface area contributed by atoms with Crippen molar-refractivity contribution in [3.63, 3.8) is 0 Å². The Morgan fingerprint density at radius 1 is 1.17 bits per heavy atom. The maximum atomic E-state index is 14.0. The number of benzene rings is 2. The molecule has 0 radical (unpaired) electrons. The number of amides is 1. The van der Waals surface area contributed by atoms with Crippen molar-refractivity contribution in [2.24, 2.45) is 0 Å². The molecule has 0 unspecified atom stereocenters. The topological polar surface area (TPSA) is 32.3 Å². The maximum Gasteiger partial charge on any atom is 0.257 e. The summed E-state index contributed by atoms with van der Waals surface area (Å²) in [4.78, 5) is 14.4. The Hall–Kier alpha value is -1.79. The highest BCUT2D eigenvalue weighted by Gasteiger charge is 2.30. The third kappa shape index (κ3) is 3.43. The Morgan fingerprint density at radius 2 is 1.91 bits per heavy atom. The molecule has 1 aliphatic heterocycles. The van der Waals surface area contributed by atoms with E-state index in [9.17, 15) is 13.6 Å². The molecule has 2 aromatic carbocycles. The Kier molecular flexibility index (Phi) is 4.73. The molecule has 1 aliphatic rings. The summed E-state index contributed by atoms with van der Waals surface area (Å²) < 4.78 is 27.8. The van der Waals surface area contributed by atoms with E-state index in [4.69, 9.17) is 0 Å². The summed E-state index contributed by atoms with van der Waals surface area (Å²) in [7, 11) is 0. The normalized spacial score (nSPS) is 18.0. The van der Waals surface area contributed by atoms with Gasteiger partial charge in [0.1, 0.15) is 11.6 Å². The summed E-state index contributed by atoms with van der Waals surface area (Å²) in [6.45, 7) is 1.65. The minimum Gasteiger partial charge on any atom is -0.329 e. The highest BCUT2D eigenvalue weighted by Crippen LogP contribution is 2.26. The van der Waals surface area contributed by atoms with Crippen molar-refractivity contribution in [3.05, 3.63) is 69.7 Å². The van der Waals surface area contributed by atoms with Gasteiger partial charge < -0.3 is 10.2 Å². The summed E-state index contributed by atoms with van der Waals surface area (Å²) in [5.74, 6) is -1.23. The number of piperazine rings is 1. The van der Waals surface area contributed by atoms with Gasteiger partial charge >= 0.3 is 0 Å². The zero-order valence-electron chi connectivity index (χ0n) is 12.2. The number of rotatable bonds is 2. The molecule has 1 saturated heterocycles. The number of carbonyl (C=O) groups is 1. The number of halogens is 3. The summed E-state index contributed by atoms with van der Waals surface area (Å²) in [6, 6.07) is 10.1. The highest BCUT2D eigenvalue weighted by molar-refractivity contribution is 9.10. The van der Waals surface area contributed by atoms with E-state index in [0.717, 1.165) is 5.56 Å². The first-order valence-electron chi connectivity index (χ1n) is 7.28. The smallest absolute Gasteiger partial charge is 0.257 e. The van der Waals surface area contributed by atoms with Crippen molar-refractivity contribution < 1.29 is 13.6 Å². The second-order valence-electron chi connectivity index (χ2n) is 5.39. The molecule has 1 fully saturated rings. The molecule has 1 N–H and O–H groups in total. The average molecular weight is 381 g/mol.